The maximum atomic E-state index is 14.4. The van der Waals surface area contributed by atoms with E-state index in [0.717, 1.165) is 50.0 Å². The third-order valence-corrected chi connectivity index (χ3v) is 7.83. The Kier molecular flexibility index (Phi) is 6.61. The van der Waals surface area contributed by atoms with Crippen LogP contribution in [0.15, 0.2) is 60.0 Å². The van der Waals surface area contributed by atoms with Crippen LogP contribution < -0.4 is 15.8 Å². The van der Waals surface area contributed by atoms with Crippen molar-refractivity contribution in [2.45, 2.75) is 38.2 Å². The summed E-state index contributed by atoms with van der Waals surface area (Å²) in [4.78, 5) is 31.7. The van der Waals surface area contributed by atoms with Crippen LogP contribution in [0, 0.1) is 0 Å². The number of piperazine rings is 1. The minimum Gasteiger partial charge on any atom is -0.369 e. The third kappa shape index (κ3) is 4.74. The van der Waals surface area contributed by atoms with E-state index >= 15 is 0 Å². The number of benzene rings is 1. The van der Waals surface area contributed by atoms with E-state index in [4.69, 9.17) is 0 Å². The molecule has 3 aromatic heterocycles. The number of halogens is 2. The number of likely N-dealkylation sites (N-methyl/N-ethyl adjacent to an activating group) is 1. The van der Waals surface area contributed by atoms with Crippen molar-refractivity contribution >= 4 is 28.4 Å². The second-order valence-electron chi connectivity index (χ2n) is 10.6. The van der Waals surface area contributed by atoms with Crippen molar-refractivity contribution in [2.75, 3.05) is 43.4 Å². The van der Waals surface area contributed by atoms with Crippen LogP contribution in [0.1, 0.15) is 30.5 Å². The van der Waals surface area contributed by atoms with Crippen molar-refractivity contribution in [3.05, 3.63) is 76.9 Å². The molecule has 11 heteroatoms. The van der Waals surface area contributed by atoms with Crippen molar-refractivity contribution in [3.8, 4) is 5.82 Å². The number of aromatic nitrogens is 5. The number of hydrogen-bond donors (Lipinski definition) is 1. The summed E-state index contributed by atoms with van der Waals surface area (Å²) in [5.41, 5.74) is 3.17. The van der Waals surface area contributed by atoms with Crippen LogP contribution >= 0.6 is 0 Å². The van der Waals surface area contributed by atoms with Gasteiger partial charge in [0, 0.05) is 50.7 Å². The van der Waals surface area contributed by atoms with E-state index in [2.05, 4.69) is 55.8 Å². The van der Waals surface area contributed by atoms with Crippen molar-refractivity contribution in [3.63, 3.8) is 0 Å². The molecule has 1 unspecified atom stereocenters. The van der Waals surface area contributed by atoms with Crippen molar-refractivity contribution < 1.29 is 8.78 Å². The highest BCUT2D eigenvalue weighted by atomic mass is 19.3. The van der Waals surface area contributed by atoms with Gasteiger partial charge in [0.1, 0.15) is 5.39 Å². The first-order valence-corrected chi connectivity index (χ1v) is 13.5. The van der Waals surface area contributed by atoms with Crippen LogP contribution in [0.5, 0.6) is 0 Å². The fourth-order valence-electron chi connectivity index (χ4n) is 5.61. The van der Waals surface area contributed by atoms with Crippen molar-refractivity contribution in [1.29, 1.82) is 0 Å². The molecule has 9 nitrogen and oxygen atoms in total. The summed E-state index contributed by atoms with van der Waals surface area (Å²) < 4.78 is 31.7. The fourth-order valence-corrected chi connectivity index (χ4v) is 5.61. The molecule has 0 spiro atoms. The monoisotopic (exact) mass is 546 g/mol. The predicted octanol–water partition coefficient (Wildman–Crippen LogP) is 4.34. The summed E-state index contributed by atoms with van der Waals surface area (Å²) in [7, 11) is 2.13. The van der Waals surface area contributed by atoms with E-state index in [1.807, 2.05) is 18.2 Å². The lowest BCUT2D eigenvalue weighted by Gasteiger charge is -2.34. The zero-order valence-electron chi connectivity index (χ0n) is 22.6. The van der Waals surface area contributed by atoms with Crippen LogP contribution in [0.25, 0.3) is 16.9 Å². The number of aryl methyl sites for hydroxylation is 1. The fraction of sp³-hybridized carbons (Fsp3) is 0.379. The quantitative estimate of drug-likeness (QED) is 0.345. The van der Waals surface area contributed by atoms with Gasteiger partial charge >= 0.3 is 0 Å². The van der Waals surface area contributed by atoms with Crippen molar-refractivity contribution in [2.24, 2.45) is 0 Å². The molecule has 0 radical (unpaired) electrons. The first-order chi connectivity index (χ1) is 19.2. The maximum absolute atomic E-state index is 14.4. The van der Waals surface area contributed by atoms with E-state index in [1.54, 1.807) is 16.8 Å². The number of fused-ring (bicyclic) bond motifs is 2. The maximum Gasteiger partial charge on any atom is 0.278 e. The molecule has 1 aromatic carbocycles. The number of nitrogens with one attached hydrogen (secondary N) is 1. The van der Waals surface area contributed by atoms with E-state index < -0.39 is 11.8 Å². The Balaban J connectivity index is 1.36. The molecule has 40 heavy (non-hydrogen) atoms. The normalized spacial score (nSPS) is 17.8. The molecule has 0 bridgehead atoms. The number of anilines is 3. The van der Waals surface area contributed by atoms with Crippen molar-refractivity contribution in [1.82, 2.24) is 29.2 Å². The Morgan fingerprint density at radius 1 is 1.10 bits per heavy atom. The summed E-state index contributed by atoms with van der Waals surface area (Å²) in [5.74, 6) is -3.20. The molecule has 1 aliphatic heterocycles. The average Bonchev–Trinajstić information content (AvgIpc) is 3.48. The molecular formula is C29H32F2N8O. The highest BCUT2D eigenvalue weighted by molar-refractivity contribution is 5.77. The van der Waals surface area contributed by atoms with E-state index in [9.17, 15) is 13.6 Å². The number of rotatable bonds is 7. The average molecular weight is 547 g/mol. The summed E-state index contributed by atoms with van der Waals surface area (Å²) >= 11 is 0. The molecule has 0 amide bonds. The Morgan fingerprint density at radius 3 is 2.55 bits per heavy atom. The second-order valence-corrected chi connectivity index (χ2v) is 10.6. The first kappa shape index (κ1) is 26.1. The molecular weight excluding hydrogens is 514 g/mol. The number of allylic oxidation sites excluding steroid dienone is 1. The summed E-state index contributed by atoms with van der Waals surface area (Å²) in [6, 6.07) is 11.7. The molecule has 208 valence electrons. The van der Waals surface area contributed by atoms with Crippen LogP contribution in [-0.2, 0) is 13.0 Å². The topological polar surface area (TPSA) is 84.1 Å². The van der Waals surface area contributed by atoms with Gasteiger partial charge in [-0.3, -0.25) is 4.79 Å². The Hall–Kier alpha value is -4.12. The molecule has 4 aromatic rings. The summed E-state index contributed by atoms with van der Waals surface area (Å²) in [6.07, 6.45) is 3.97. The zero-order chi connectivity index (χ0) is 28.0. The summed E-state index contributed by atoms with van der Waals surface area (Å²) in [6.45, 7) is 8.92. The minimum atomic E-state index is -2.89. The van der Waals surface area contributed by atoms with E-state index in [0.29, 0.717) is 41.3 Å². The molecule has 1 atom stereocenters. The molecule has 0 saturated carbocycles. The van der Waals surface area contributed by atoms with Gasteiger partial charge in [-0.25, -0.2) is 28.1 Å². The smallest absolute Gasteiger partial charge is 0.278 e. The standard InChI is InChI=1S/C29H32F2N8O/c1-4-13-38-27(40)22-18-32-28(33-20-7-9-21(10-8-20)37-16-14-36(3)15-17-37)35-26(22)39(38)24-12-6-19-5-11-23(25(19)34-24)29(2,30)31/h4,6-10,12,18,23H,1,5,11,13-17H2,2-3H3,(H,32,33,35). The van der Waals surface area contributed by atoms with Gasteiger partial charge < -0.3 is 15.1 Å². The van der Waals surface area contributed by atoms with Gasteiger partial charge in [0.15, 0.2) is 11.5 Å². The Labute approximate surface area is 230 Å². The first-order valence-electron chi connectivity index (χ1n) is 13.5. The van der Waals surface area contributed by atoms with Crippen LogP contribution in [0.4, 0.5) is 26.1 Å². The highest BCUT2D eigenvalue weighted by Gasteiger charge is 2.41. The van der Waals surface area contributed by atoms with Gasteiger partial charge in [0.05, 0.1) is 18.2 Å². The van der Waals surface area contributed by atoms with Gasteiger partial charge in [0.2, 0.25) is 5.95 Å². The highest BCUT2D eigenvalue weighted by Crippen LogP contribution is 2.42. The van der Waals surface area contributed by atoms with Gasteiger partial charge in [-0.1, -0.05) is 12.1 Å². The van der Waals surface area contributed by atoms with Gasteiger partial charge in [-0.15, -0.1) is 6.58 Å². The molecule has 1 saturated heterocycles. The summed E-state index contributed by atoms with van der Waals surface area (Å²) in [5, 5.41) is 3.53. The Morgan fingerprint density at radius 2 is 1.85 bits per heavy atom. The molecule has 2 aliphatic rings. The number of pyridine rings is 1. The van der Waals surface area contributed by atoms with Gasteiger partial charge in [0.25, 0.3) is 11.5 Å². The predicted molar refractivity (Wildman–Crippen MR) is 152 cm³/mol. The number of nitrogens with zero attached hydrogens (tertiary/aromatic N) is 7. The number of hydrogen-bond acceptors (Lipinski definition) is 7. The largest absolute Gasteiger partial charge is 0.369 e. The molecule has 6 rings (SSSR count). The molecule has 4 heterocycles. The zero-order valence-corrected chi connectivity index (χ0v) is 22.6. The van der Waals surface area contributed by atoms with E-state index in [1.165, 1.54) is 10.9 Å². The van der Waals surface area contributed by atoms with Crippen LogP contribution in [0.2, 0.25) is 0 Å². The van der Waals surface area contributed by atoms with E-state index in [-0.39, 0.29) is 12.1 Å². The molecule has 1 N–H and O–H groups in total. The SMILES string of the molecule is C=CCn1c(=O)c2cnc(Nc3ccc(N4CCN(C)CC4)cc3)nc2n1-c1ccc2c(n1)C(C(C)(F)F)CC2. The lowest BCUT2D eigenvalue weighted by molar-refractivity contribution is -0.00857. The lowest BCUT2D eigenvalue weighted by atomic mass is 10.00. The van der Waals surface area contributed by atoms with Gasteiger partial charge in [-0.2, -0.15) is 4.98 Å². The molecule has 1 aliphatic carbocycles. The minimum absolute atomic E-state index is 0.192. The third-order valence-electron chi connectivity index (χ3n) is 7.83. The lowest BCUT2D eigenvalue weighted by Crippen LogP contribution is -2.44. The van der Waals surface area contributed by atoms with Gasteiger partial charge in [-0.05, 0) is 55.8 Å². The Bertz CT molecular complexity index is 1610. The van der Waals surface area contributed by atoms with Crippen LogP contribution in [0.3, 0.4) is 0 Å². The van der Waals surface area contributed by atoms with Crippen LogP contribution in [-0.4, -0.2) is 68.4 Å². The second kappa shape index (κ2) is 10.1. The molecule has 1 fully saturated rings. The number of alkyl halides is 2.